The Balaban J connectivity index is 1.33. The second kappa shape index (κ2) is 11.0. The predicted molar refractivity (Wildman–Crippen MR) is 154 cm³/mol. The highest BCUT2D eigenvalue weighted by atomic mass is 16.7. The number of carbonyl (C=O) groups excluding carboxylic acids is 1. The Morgan fingerprint density at radius 1 is 0.925 bits per heavy atom. The predicted octanol–water partition coefficient (Wildman–Crippen LogP) is 5.65. The van der Waals surface area contributed by atoms with Gasteiger partial charge < -0.3 is 28.8 Å². The number of fused-ring (bicyclic) bond motifs is 3. The van der Waals surface area contributed by atoms with Crippen LogP contribution in [0.25, 0.3) is 17.2 Å². The number of aromatic nitrogens is 1. The zero-order valence-electron chi connectivity index (χ0n) is 23.8. The first-order valence-electron chi connectivity index (χ1n) is 13.4. The molecule has 1 N–H and O–H groups in total. The smallest absolute Gasteiger partial charge is 0.481 e. The molecule has 2 heterocycles. The lowest BCUT2D eigenvalue weighted by atomic mass is 9.77. The Morgan fingerprint density at radius 3 is 2.10 bits per heavy atom. The lowest BCUT2D eigenvalue weighted by Gasteiger charge is -2.32. The molecule has 1 fully saturated rings. The minimum atomic E-state index is -0.689. The van der Waals surface area contributed by atoms with Gasteiger partial charge in [0, 0.05) is 24.1 Å². The minimum absolute atomic E-state index is 0.0223. The zero-order valence-corrected chi connectivity index (χ0v) is 23.8. The number of carbonyl (C=O) groups is 1. The molecule has 40 heavy (non-hydrogen) atoms. The topological polar surface area (TPSA) is 88.1 Å². The summed E-state index contributed by atoms with van der Waals surface area (Å²) in [5.41, 5.74) is 4.97. The van der Waals surface area contributed by atoms with Gasteiger partial charge >= 0.3 is 13.2 Å². The molecule has 0 saturated carbocycles. The van der Waals surface area contributed by atoms with Gasteiger partial charge in [0.15, 0.2) is 0 Å². The number of nitrogens with zero attached hydrogens (tertiary/aromatic N) is 1. The second-order valence-electron chi connectivity index (χ2n) is 10.9. The van der Waals surface area contributed by atoms with E-state index in [4.69, 9.17) is 23.5 Å². The summed E-state index contributed by atoms with van der Waals surface area (Å²) < 4.78 is 29.1. The van der Waals surface area contributed by atoms with Crippen molar-refractivity contribution in [2.45, 2.75) is 44.8 Å². The highest BCUT2D eigenvalue weighted by Crippen LogP contribution is 2.44. The van der Waals surface area contributed by atoms with E-state index in [0.717, 1.165) is 11.1 Å². The Bertz CT molecular complexity index is 1380. The Kier molecular flexibility index (Phi) is 7.62. The van der Waals surface area contributed by atoms with Crippen LogP contribution in [0.1, 0.15) is 50.3 Å². The summed E-state index contributed by atoms with van der Waals surface area (Å²) in [5, 5.41) is 2.89. The van der Waals surface area contributed by atoms with Crippen LogP contribution in [-0.4, -0.2) is 56.8 Å². The van der Waals surface area contributed by atoms with Gasteiger partial charge in [0.05, 0.1) is 25.4 Å². The van der Waals surface area contributed by atoms with E-state index >= 15 is 0 Å². The Hall–Kier alpha value is -3.82. The van der Waals surface area contributed by atoms with Gasteiger partial charge in [-0.15, -0.1) is 0 Å². The number of hydrogen-bond acceptors (Lipinski definition) is 7. The summed E-state index contributed by atoms with van der Waals surface area (Å²) >= 11 is 0. The first-order valence-corrected chi connectivity index (χ1v) is 13.4. The number of nitrogens with one attached hydrogen (secondary N) is 1. The number of alkyl carbamates (subject to hydrolysis) is 1. The third kappa shape index (κ3) is 5.31. The van der Waals surface area contributed by atoms with Crippen molar-refractivity contribution in [3.8, 4) is 22.9 Å². The van der Waals surface area contributed by atoms with E-state index < -0.39 is 24.4 Å². The molecule has 3 aromatic rings. The third-order valence-electron chi connectivity index (χ3n) is 7.94. The fraction of sp³-hybridized carbons (Fsp3) is 0.355. The highest BCUT2D eigenvalue weighted by molar-refractivity contribution is 6.56. The van der Waals surface area contributed by atoms with Gasteiger partial charge in [-0.05, 0) is 61.5 Å². The van der Waals surface area contributed by atoms with E-state index in [0.29, 0.717) is 22.8 Å². The van der Waals surface area contributed by atoms with Crippen molar-refractivity contribution in [3.63, 3.8) is 0 Å². The van der Waals surface area contributed by atoms with Gasteiger partial charge in [0.1, 0.15) is 6.61 Å². The summed E-state index contributed by atoms with van der Waals surface area (Å²) in [6, 6.07) is 20.1. The zero-order chi connectivity index (χ0) is 28.5. The molecule has 0 radical (unpaired) electrons. The van der Waals surface area contributed by atoms with Crippen LogP contribution in [-0.2, 0) is 14.0 Å². The number of hydrogen-bond donors (Lipinski definition) is 1. The van der Waals surface area contributed by atoms with E-state index in [2.05, 4.69) is 34.6 Å². The van der Waals surface area contributed by atoms with Crippen LogP contribution in [0.3, 0.4) is 0 Å². The molecule has 2 aromatic carbocycles. The van der Waals surface area contributed by atoms with E-state index in [1.54, 1.807) is 20.3 Å². The van der Waals surface area contributed by atoms with Gasteiger partial charge in [-0.1, -0.05) is 54.6 Å². The molecule has 1 saturated heterocycles. The molecule has 5 rings (SSSR count). The standard InChI is InChI=1S/C31H35BN2O6/c1-30(2)31(3,4)40-32(39-30)21(17-20-15-16-27(36-5)34-28(20)37-6)18-33-29(35)38-19-26-24-13-9-7-11-22(24)23-12-8-10-14-25(23)26/h7-17,26H,18-19H2,1-6H3,(H,33,35). The van der Waals surface area contributed by atoms with Crippen molar-refractivity contribution < 1.29 is 28.3 Å². The SMILES string of the molecule is COc1ccc(C=C(CNC(=O)OCC2c3ccccc3-c3ccccc32)B2OC(C)(C)C(C)(C)O2)c(OC)n1. The summed E-state index contributed by atoms with van der Waals surface area (Å²) in [7, 11) is 2.40. The highest BCUT2D eigenvalue weighted by Gasteiger charge is 2.52. The molecule has 9 heteroatoms. The van der Waals surface area contributed by atoms with Crippen molar-refractivity contribution in [3.05, 3.63) is 82.8 Å². The number of amides is 1. The molecule has 1 amide bonds. The third-order valence-corrected chi connectivity index (χ3v) is 7.94. The van der Waals surface area contributed by atoms with E-state index in [9.17, 15) is 4.79 Å². The van der Waals surface area contributed by atoms with Gasteiger partial charge in [-0.3, -0.25) is 0 Å². The van der Waals surface area contributed by atoms with Gasteiger partial charge in [-0.25, -0.2) is 4.79 Å². The number of pyridine rings is 1. The molecule has 2 aliphatic rings. The van der Waals surface area contributed by atoms with Crippen LogP contribution in [0.5, 0.6) is 11.8 Å². The monoisotopic (exact) mass is 542 g/mol. The molecular formula is C31H35BN2O6. The van der Waals surface area contributed by atoms with Crippen molar-refractivity contribution in [1.82, 2.24) is 10.3 Å². The number of rotatable bonds is 8. The average molecular weight is 542 g/mol. The van der Waals surface area contributed by atoms with Crippen LogP contribution >= 0.6 is 0 Å². The molecule has 0 atom stereocenters. The Labute approximate surface area is 235 Å². The summed E-state index contributed by atoms with van der Waals surface area (Å²) in [6.45, 7) is 8.31. The van der Waals surface area contributed by atoms with Crippen LogP contribution in [0.4, 0.5) is 4.79 Å². The fourth-order valence-electron chi connectivity index (χ4n) is 5.04. The number of methoxy groups -OCH3 is 2. The molecule has 1 aromatic heterocycles. The van der Waals surface area contributed by atoms with E-state index in [1.807, 2.05) is 64.1 Å². The van der Waals surface area contributed by atoms with Crippen molar-refractivity contribution in [1.29, 1.82) is 0 Å². The largest absolute Gasteiger partial charge is 0.492 e. The fourth-order valence-corrected chi connectivity index (χ4v) is 5.04. The maximum atomic E-state index is 13.0. The normalized spacial score (nSPS) is 17.2. The lowest BCUT2D eigenvalue weighted by Crippen LogP contribution is -2.41. The molecule has 8 nitrogen and oxygen atoms in total. The van der Waals surface area contributed by atoms with Gasteiger partial charge in [-0.2, -0.15) is 4.98 Å². The Morgan fingerprint density at radius 2 is 1.52 bits per heavy atom. The first-order chi connectivity index (χ1) is 19.1. The molecule has 1 aliphatic carbocycles. The number of ether oxygens (including phenoxy) is 3. The second-order valence-corrected chi connectivity index (χ2v) is 10.9. The van der Waals surface area contributed by atoms with Crippen LogP contribution in [0.15, 0.2) is 66.1 Å². The van der Waals surface area contributed by atoms with E-state index in [-0.39, 0.29) is 19.1 Å². The molecule has 0 unspecified atom stereocenters. The molecule has 1 aliphatic heterocycles. The van der Waals surface area contributed by atoms with Gasteiger partial charge in [0.2, 0.25) is 11.8 Å². The van der Waals surface area contributed by atoms with Crippen LogP contribution in [0.2, 0.25) is 0 Å². The maximum Gasteiger partial charge on any atom is 0.492 e. The molecule has 208 valence electrons. The van der Waals surface area contributed by atoms with E-state index in [1.165, 1.54) is 11.1 Å². The first kappa shape index (κ1) is 27.7. The minimum Gasteiger partial charge on any atom is -0.481 e. The lowest BCUT2D eigenvalue weighted by molar-refractivity contribution is 0.00578. The van der Waals surface area contributed by atoms with Crippen molar-refractivity contribution >= 4 is 19.3 Å². The molecular weight excluding hydrogens is 507 g/mol. The maximum absolute atomic E-state index is 13.0. The summed E-state index contributed by atoms with van der Waals surface area (Å²) in [4.78, 5) is 17.3. The molecule has 0 bridgehead atoms. The average Bonchev–Trinajstić information content (AvgIpc) is 3.38. The summed E-state index contributed by atoms with van der Waals surface area (Å²) in [6.07, 6.45) is 1.33. The van der Waals surface area contributed by atoms with Gasteiger partial charge in [0.25, 0.3) is 0 Å². The molecule has 0 spiro atoms. The summed E-state index contributed by atoms with van der Waals surface area (Å²) in [5.74, 6) is 0.795. The number of benzene rings is 2. The van der Waals surface area contributed by atoms with Crippen LogP contribution < -0.4 is 14.8 Å². The van der Waals surface area contributed by atoms with Crippen molar-refractivity contribution in [2.24, 2.45) is 0 Å². The van der Waals surface area contributed by atoms with Crippen LogP contribution in [0, 0.1) is 0 Å². The van der Waals surface area contributed by atoms with Crippen molar-refractivity contribution in [2.75, 3.05) is 27.4 Å². The quantitative estimate of drug-likeness (QED) is 0.368.